The molecule has 5 aromatic carbocycles. The van der Waals surface area contributed by atoms with E-state index in [4.69, 9.17) is 23.8 Å². The lowest BCUT2D eigenvalue weighted by Crippen LogP contribution is -2.17. The molecule has 7 nitrogen and oxygen atoms in total. The molecule has 4 heterocycles. The highest BCUT2D eigenvalue weighted by atomic mass is 16.3. The zero-order valence-electron chi connectivity index (χ0n) is 31.2. The van der Waals surface area contributed by atoms with E-state index in [1.54, 1.807) is 6.20 Å². The Labute approximate surface area is 313 Å². The molecule has 0 saturated carbocycles. The van der Waals surface area contributed by atoms with Crippen molar-refractivity contribution in [2.75, 3.05) is 4.90 Å². The molecule has 9 rings (SSSR count). The summed E-state index contributed by atoms with van der Waals surface area (Å²) < 4.78 is 13.2. The number of para-hydroxylation sites is 3. The Morgan fingerprint density at radius 1 is 0.593 bits per heavy atom. The molecule has 0 saturated heterocycles. The van der Waals surface area contributed by atoms with Gasteiger partial charge in [0.15, 0.2) is 11.4 Å². The lowest BCUT2D eigenvalue weighted by molar-refractivity contribution is 0.446. The SMILES string of the molecule is CC(C)(C)c1cc(-c2nc(-c3cc(N(c4ccccc4)c4ccccn4)cc4oc5ccccc5c34)nc3c2oc2ccccc23)c(O)c(C(C)(C)C)c1. The topological polar surface area (TPSA) is 88.4 Å². The van der Waals surface area contributed by atoms with Crippen LogP contribution in [-0.2, 0) is 10.8 Å². The number of phenols is 1. The van der Waals surface area contributed by atoms with E-state index in [0.717, 1.165) is 55.6 Å². The van der Waals surface area contributed by atoms with Crippen LogP contribution in [0.25, 0.3) is 66.7 Å². The monoisotopic (exact) mass is 708 g/mol. The standard InChI is InChI=1S/C47H40N4O3/c1-46(2,3)28-24-34(43(52)35(25-28)47(4,5)6)42-44-41(32-19-11-13-21-37(32)54-44)49-45(50-42)33-26-30(27-38-40(33)31-18-10-12-20-36(31)53-38)51(29-16-8-7-9-17-29)39-22-14-15-23-48-39/h7-27,52H,1-6H3. The van der Waals surface area contributed by atoms with Gasteiger partial charge in [-0.25, -0.2) is 15.0 Å². The molecule has 0 aliphatic rings. The number of benzene rings is 5. The number of anilines is 3. The maximum atomic E-state index is 12.2. The van der Waals surface area contributed by atoms with Gasteiger partial charge in [0.2, 0.25) is 0 Å². The molecule has 0 radical (unpaired) electrons. The Hall–Kier alpha value is -6.47. The highest BCUT2D eigenvalue weighted by Gasteiger charge is 2.29. The average Bonchev–Trinajstić information content (AvgIpc) is 3.73. The molecule has 0 atom stereocenters. The van der Waals surface area contributed by atoms with Crippen LogP contribution >= 0.6 is 0 Å². The van der Waals surface area contributed by atoms with Gasteiger partial charge < -0.3 is 13.9 Å². The number of aromatic hydroxyl groups is 1. The van der Waals surface area contributed by atoms with Gasteiger partial charge >= 0.3 is 0 Å². The molecule has 54 heavy (non-hydrogen) atoms. The molecule has 9 aromatic rings. The summed E-state index contributed by atoms with van der Waals surface area (Å²) >= 11 is 0. The van der Waals surface area contributed by atoms with E-state index in [1.165, 1.54) is 0 Å². The third-order valence-electron chi connectivity index (χ3n) is 10.1. The van der Waals surface area contributed by atoms with Crippen molar-refractivity contribution in [3.05, 3.63) is 139 Å². The van der Waals surface area contributed by atoms with Crippen LogP contribution in [0.4, 0.5) is 17.2 Å². The van der Waals surface area contributed by atoms with Crippen molar-refractivity contribution in [1.29, 1.82) is 0 Å². The highest BCUT2D eigenvalue weighted by Crippen LogP contribution is 2.47. The highest BCUT2D eigenvalue weighted by molar-refractivity contribution is 6.14. The van der Waals surface area contributed by atoms with E-state index in [9.17, 15) is 5.11 Å². The number of phenolic OH excluding ortho intramolecular Hbond substituents is 1. The Bertz CT molecular complexity index is 2820. The Morgan fingerprint density at radius 2 is 1.28 bits per heavy atom. The van der Waals surface area contributed by atoms with Gasteiger partial charge in [-0.3, -0.25) is 4.90 Å². The van der Waals surface area contributed by atoms with Crippen molar-refractivity contribution < 1.29 is 13.9 Å². The number of aromatic nitrogens is 3. The first-order chi connectivity index (χ1) is 26.0. The number of pyridine rings is 1. The van der Waals surface area contributed by atoms with E-state index >= 15 is 0 Å². The van der Waals surface area contributed by atoms with Crippen LogP contribution in [-0.4, -0.2) is 20.1 Å². The minimum absolute atomic E-state index is 0.181. The summed E-state index contributed by atoms with van der Waals surface area (Å²) in [5.74, 6) is 1.41. The lowest BCUT2D eigenvalue weighted by atomic mass is 9.78. The number of nitrogens with zero attached hydrogens (tertiary/aromatic N) is 4. The predicted molar refractivity (Wildman–Crippen MR) is 219 cm³/mol. The molecule has 0 aliphatic carbocycles. The average molecular weight is 709 g/mol. The van der Waals surface area contributed by atoms with Gasteiger partial charge in [-0.1, -0.05) is 102 Å². The molecule has 0 bridgehead atoms. The van der Waals surface area contributed by atoms with E-state index in [-0.39, 0.29) is 16.6 Å². The zero-order chi connectivity index (χ0) is 37.4. The molecular formula is C47H40N4O3. The molecule has 7 heteroatoms. The molecule has 0 fully saturated rings. The third kappa shape index (κ3) is 5.55. The van der Waals surface area contributed by atoms with Crippen molar-refractivity contribution in [3.8, 4) is 28.4 Å². The second-order valence-electron chi connectivity index (χ2n) is 15.9. The lowest BCUT2D eigenvalue weighted by Gasteiger charge is -2.27. The second kappa shape index (κ2) is 12.3. The predicted octanol–water partition coefficient (Wildman–Crippen LogP) is 12.8. The van der Waals surface area contributed by atoms with Crippen LogP contribution in [0, 0.1) is 0 Å². The molecule has 0 spiro atoms. The zero-order valence-corrected chi connectivity index (χ0v) is 31.2. The number of furan rings is 2. The quantitative estimate of drug-likeness (QED) is 0.190. The van der Waals surface area contributed by atoms with Gasteiger partial charge in [0.25, 0.3) is 0 Å². The Morgan fingerprint density at radius 3 is 1.98 bits per heavy atom. The molecule has 1 N–H and O–H groups in total. The van der Waals surface area contributed by atoms with Crippen LogP contribution in [0.15, 0.2) is 136 Å². The van der Waals surface area contributed by atoms with Gasteiger partial charge in [-0.15, -0.1) is 0 Å². The van der Waals surface area contributed by atoms with Crippen LogP contribution in [0.2, 0.25) is 0 Å². The second-order valence-corrected chi connectivity index (χ2v) is 15.9. The normalized spacial score (nSPS) is 12.3. The van der Waals surface area contributed by atoms with Gasteiger partial charge in [-0.2, -0.15) is 0 Å². The summed E-state index contributed by atoms with van der Waals surface area (Å²) in [6.07, 6.45) is 1.79. The first-order valence-electron chi connectivity index (χ1n) is 18.3. The first kappa shape index (κ1) is 33.4. The maximum absolute atomic E-state index is 12.2. The Kier molecular flexibility index (Phi) is 7.61. The van der Waals surface area contributed by atoms with Crippen molar-refractivity contribution in [3.63, 3.8) is 0 Å². The number of hydrogen-bond donors (Lipinski definition) is 1. The van der Waals surface area contributed by atoms with Gasteiger partial charge in [0.05, 0.1) is 5.69 Å². The van der Waals surface area contributed by atoms with E-state index in [0.29, 0.717) is 39.3 Å². The van der Waals surface area contributed by atoms with Gasteiger partial charge in [0.1, 0.15) is 39.5 Å². The summed E-state index contributed by atoms with van der Waals surface area (Å²) in [5, 5.41) is 14.9. The van der Waals surface area contributed by atoms with E-state index < -0.39 is 0 Å². The number of hydrogen-bond acceptors (Lipinski definition) is 7. The Balaban J connectivity index is 1.41. The van der Waals surface area contributed by atoms with E-state index in [1.807, 2.05) is 78.9 Å². The van der Waals surface area contributed by atoms with Gasteiger partial charge in [-0.05, 0) is 71.0 Å². The third-order valence-corrected chi connectivity index (χ3v) is 10.1. The van der Waals surface area contributed by atoms with Crippen LogP contribution < -0.4 is 4.90 Å². The van der Waals surface area contributed by atoms with E-state index in [2.05, 4.69) is 88.9 Å². The van der Waals surface area contributed by atoms with Crippen molar-refractivity contribution >= 4 is 61.2 Å². The molecule has 266 valence electrons. The fourth-order valence-electron chi connectivity index (χ4n) is 7.34. The number of rotatable bonds is 5. The minimum Gasteiger partial charge on any atom is -0.507 e. The molecule has 0 aliphatic heterocycles. The van der Waals surface area contributed by atoms with Crippen molar-refractivity contribution in [2.24, 2.45) is 0 Å². The summed E-state index contributed by atoms with van der Waals surface area (Å²) in [4.78, 5) is 17.6. The van der Waals surface area contributed by atoms with Gasteiger partial charge in [0, 0.05) is 50.8 Å². The molecule has 4 aromatic heterocycles. The smallest absolute Gasteiger partial charge is 0.180 e. The summed E-state index contributed by atoms with van der Waals surface area (Å²) in [5.41, 5.74) is 8.39. The number of fused-ring (bicyclic) bond motifs is 6. The minimum atomic E-state index is -0.342. The summed E-state index contributed by atoms with van der Waals surface area (Å²) in [7, 11) is 0. The van der Waals surface area contributed by atoms with Crippen LogP contribution in [0.1, 0.15) is 52.7 Å². The molecule has 0 amide bonds. The molecular weight excluding hydrogens is 669 g/mol. The van der Waals surface area contributed by atoms with Crippen LogP contribution in [0.5, 0.6) is 5.75 Å². The fourth-order valence-corrected chi connectivity index (χ4v) is 7.34. The largest absolute Gasteiger partial charge is 0.507 e. The molecule has 0 unspecified atom stereocenters. The fraction of sp³-hybridized carbons (Fsp3) is 0.170. The summed E-state index contributed by atoms with van der Waals surface area (Å²) in [6.45, 7) is 12.9. The first-order valence-corrected chi connectivity index (χ1v) is 18.3. The van der Waals surface area contributed by atoms with Crippen LogP contribution in [0.3, 0.4) is 0 Å². The van der Waals surface area contributed by atoms with Crippen molar-refractivity contribution in [1.82, 2.24) is 15.0 Å². The maximum Gasteiger partial charge on any atom is 0.180 e. The summed E-state index contributed by atoms with van der Waals surface area (Å²) in [6, 6.07) is 40.3. The van der Waals surface area contributed by atoms with Crippen molar-refractivity contribution in [2.45, 2.75) is 52.4 Å².